The maximum atomic E-state index is 11.2. The van der Waals surface area contributed by atoms with Crippen LogP contribution in [0.25, 0.3) is 10.9 Å². The molecule has 16 heavy (non-hydrogen) atoms. The number of hydrogen-bond donors (Lipinski definition) is 1. The number of piperidine rings is 1. The molecule has 0 spiro atoms. The molecule has 0 amide bonds. The van der Waals surface area contributed by atoms with Gasteiger partial charge in [-0.25, -0.2) is 0 Å². The molecule has 0 saturated carbocycles. The minimum Gasteiger partial charge on any atom is -0.371 e. The van der Waals surface area contributed by atoms with Gasteiger partial charge in [0.1, 0.15) is 5.78 Å². The van der Waals surface area contributed by atoms with Crippen molar-refractivity contribution in [2.24, 2.45) is 0 Å². The molecule has 1 aromatic carbocycles. The van der Waals surface area contributed by atoms with E-state index in [-0.39, 0.29) is 0 Å². The number of fused-ring (bicyclic) bond motifs is 1. The third-order valence-electron chi connectivity index (χ3n) is 3.22. The summed E-state index contributed by atoms with van der Waals surface area (Å²) in [6, 6.07) is 8.48. The van der Waals surface area contributed by atoms with Gasteiger partial charge < -0.3 is 9.88 Å². The number of nitrogens with zero attached hydrogens (tertiary/aromatic N) is 1. The summed E-state index contributed by atoms with van der Waals surface area (Å²) < 4.78 is 0. The molecule has 1 N–H and O–H groups in total. The maximum Gasteiger partial charge on any atom is 0.136 e. The summed E-state index contributed by atoms with van der Waals surface area (Å²) in [6.45, 7) is 1.71. The normalized spacial score (nSPS) is 17.0. The molecule has 2 aromatic rings. The van der Waals surface area contributed by atoms with E-state index in [4.69, 9.17) is 0 Å². The molecule has 0 unspecified atom stereocenters. The molecule has 1 aliphatic heterocycles. The maximum absolute atomic E-state index is 11.2. The fourth-order valence-corrected chi connectivity index (χ4v) is 2.25. The minimum atomic E-state index is 0.388. The summed E-state index contributed by atoms with van der Waals surface area (Å²) in [4.78, 5) is 16.6. The van der Waals surface area contributed by atoms with E-state index in [1.165, 1.54) is 11.1 Å². The second-order valence-electron chi connectivity index (χ2n) is 4.27. The molecule has 0 bridgehead atoms. The van der Waals surface area contributed by atoms with Gasteiger partial charge in [-0.05, 0) is 24.3 Å². The molecule has 82 valence electrons. The molecule has 1 aromatic heterocycles. The van der Waals surface area contributed by atoms with Crippen LogP contribution in [0, 0.1) is 0 Å². The van der Waals surface area contributed by atoms with E-state index in [0.717, 1.165) is 18.6 Å². The van der Waals surface area contributed by atoms with Gasteiger partial charge in [0.2, 0.25) is 0 Å². The zero-order valence-corrected chi connectivity index (χ0v) is 9.07. The van der Waals surface area contributed by atoms with Crippen molar-refractivity contribution >= 4 is 22.4 Å². The summed E-state index contributed by atoms with van der Waals surface area (Å²) in [5, 5.41) is 1.23. The highest BCUT2D eigenvalue weighted by Crippen LogP contribution is 2.23. The van der Waals surface area contributed by atoms with Crippen LogP contribution in [0.5, 0.6) is 0 Å². The topological polar surface area (TPSA) is 36.1 Å². The Balaban J connectivity index is 1.90. The standard InChI is InChI=1S/C13H14N2O/c16-12-4-7-15(8-5-12)11-1-2-13-10(9-11)3-6-14-13/h1-3,6,9,14H,4-5,7-8H2. The van der Waals surface area contributed by atoms with Gasteiger partial charge in [-0.15, -0.1) is 0 Å². The van der Waals surface area contributed by atoms with Crippen LogP contribution in [0.2, 0.25) is 0 Å². The van der Waals surface area contributed by atoms with Crippen LogP contribution in [0.3, 0.4) is 0 Å². The molecule has 3 nitrogen and oxygen atoms in total. The Morgan fingerprint density at radius 2 is 1.94 bits per heavy atom. The van der Waals surface area contributed by atoms with Crippen LogP contribution in [-0.2, 0) is 4.79 Å². The van der Waals surface area contributed by atoms with Crippen molar-refractivity contribution in [1.82, 2.24) is 4.98 Å². The Labute approximate surface area is 94.1 Å². The minimum absolute atomic E-state index is 0.388. The third-order valence-corrected chi connectivity index (χ3v) is 3.22. The second-order valence-corrected chi connectivity index (χ2v) is 4.27. The highest BCUT2D eigenvalue weighted by atomic mass is 16.1. The predicted octanol–water partition coefficient (Wildman–Crippen LogP) is 2.34. The lowest BCUT2D eigenvalue weighted by Gasteiger charge is -2.28. The quantitative estimate of drug-likeness (QED) is 0.791. The lowest BCUT2D eigenvalue weighted by molar-refractivity contribution is -0.119. The molecule has 3 rings (SSSR count). The average molecular weight is 214 g/mol. The van der Waals surface area contributed by atoms with E-state index in [2.05, 4.69) is 34.1 Å². The van der Waals surface area contributed by atoms with E-state index in [1.807, 2.05) is 6.20 Å². The van der Waals surface area contributed by atoms with Crippen molar-refractivity contribution in [3.63, 3.8) is 0 Å². The van der Waals surface area contributed by atoms with Crippen LogP contribution < -0.4 is 4.90 Å². The molecule has 2 heterocycles. The van der Waals surface area contributed by atoms with Crippen LogP contribution in [-0.4, -0.2) is 23.9 Å². The summed E-state index contributed by atoms with van der Waals surface area (Å²) in [5.41, 5.74) is 2.39. The Morgan fingerprint density at radius 3 is 2.75 bits per heavy atom. The third kappa shape index (κ3) is 1.58. The number of hydrogen-bond acceptors (Lipinski definition) is 2. The number of nitrogens with one attached hydrogen (secondary N) is 1. The van der Waals surface area contributed by atoms with E-state index >= 15 is 0 Å². The van der Waals surface area contributed by atoms with E-state index in [9.17, 15) is 4.79 Å². The number of Topliss-reactive ketones (excluding diaryl/α,β-unsaturated/α-hetero) is 1. The molecular weight excluding hydrogens is 200 g/mol. The van der Waals surface area contributed by atoms with E-state index in [1.54, 1.807) is 0 Å². The van der Waals surface area contributed by atoms with Crippen LogP contribution in [0.15, 0.2) is 30.5 Å². The highest BCUT2D eigenvalue weighted by molar-refractivity contribution is 5.85. The number of anilines is 1. The number of carbonyl (C=O) groups is 1. The lowest BCUT2D eigenvalue weighted by atomic mass is 10.1. The molecule has 0 aliphatic carbocycles. The molecule has 3 heteroatoms. The largest absolute Gasteiger partial charge is 0.371 e. The molecule has 0 atom stereocenters. The van der Waals surface area contributed by atoms with Gasteiger partial charge in [-0.2, -0.15) is 0 Å². The van der Waals surface area contributed by atoms with Gasteiger partial charge in [0.15, 0.2) is 0 Å². The lowest BCUT2D eigenvalue weighted by Crippen LogP contribution is -2.33. The van der Waals surface area contributed by atoms with Gasteiger partial charge in [-0.3, -0.25) is 4.79 Å². The van der Waals surface area contributed by atoms with Gasteiger partial charge in [0.05, 0.1) is 0 Å². The average Bonchev–Trinajstić information content (AvgIpc) is 2.77. The fourth-order valence-electron chi connectivity index (χ4n) is 2.25. The van der Waals surface area contributed by atoms with Crippen molar-refractivity contribution in [2.45, 2.75) is 12.8 Å². The molecule has 1 aliphatic rings. The van der Waals surface area contributed by atoms with Gasteiger partial charge in [0.25, 0.3) is 0 Å². The fraction of sp³-hybridized carbons (Fsp3) is 0.308. The van der Waals surface area contributed by atoms with Crippen LogP contribution in [0.1, 0.15) is 12.8 Å². The SMILES string of the molecule is O=C1CCN(c2ccc3[nH]ccc3c2)CC1. The van der Waals surface area contributed by atoms with Crippen molar-refractivity contribution in [2.75, 3.05) is 18.0 Å². The Hall–Kier alpha value is -1.77. The van der Waals surface area contributed by atoms with Crippen molar-refractivity contribution in [3.05, 3.63) is 30.5 Å². The first-order valence-corrected chi connectivity index (χ1v) is 5.67. The van der Waals surface area contributed by atoms with Gasteiger partial charge in [-0.1, -0.05) is 0 Å². The van der Waals surface area contributed by atoms with Gasteiger partial charge >= 0.3 is 0 Å². The number of aromatic amines is 1. The van der Waals surface area contributed by atoms with Crippen LogP contribution in [0.4, 0.5) is 5.69 Å². The Morgan fingerprint density at radius 1 is 1.12 bits per heavy atom. The van der Waals surface area contributed by atoms with Crippen molar-refractivity contribution < 1.29 is 4.79 Å². The second kappa shape index (κ2) is 3.67. The zero-order valence-electron chi connectivity index (χ0n) is 9.07. The number of H-pyrrole nitrogens is 1. The summed E-state index contributed by atoms with van der Waals surface area (Å²) in [7, 11) is 0. The number of aromatic nitrogens is 1. The molecule has 0 radical (unpaired) electrons. The van der Waals surface area contributed by atoms with Crippen LogP contribution >= 0.6 is 0 Å². The number of rotatable bonds is 1. The van der Waals surface area contributed by atoms with Crippen molar-refractivity contribution in [3.8, 4) is 0 Å². The first-order chi connectivity index (χ1) is 7.83. The molecule has 1 saturated heterocycles. The summed E-state index contributed by atoms with van der Waals surface area (Å²) >= 11 is 0. The van der Waals surface area contributed by atoms with E-state index < -0.39 is 0 Å². The highest BCUT2D eigenvalue weighted by Gasteiger charge is 2.16. The smallest absolute Gasteiger partial charge is 0.136 e. The summed E-state index contributed by atoms with van der Waals surface area (Å²) in [5.74, 6) is 0.388. The van der Waals surface area contributed by atoms with Crippen molar-refractivity contribution in [1.29, 1.82) is 0 Å². The first kappa shape index (κ1) is 9.46. The Bertz CT molecular complexity index is 519. The first-order valence-electron chi connectivity index (χ1n) is 5.67. The Kier molecular flexibility index (Phi) is 2.17. The number of carbonyl (C=O) groups excluding carboxylic acids is 1. The number of ketones is 1. The number of benzene rings is 1. The monoisotopic (exact) mass is 214 g/mol. The summed E-state index contributed by atoms with van der Waals surface area (Å²) in [6.07, 6.45) is 3.32. The zero-order chi connectivity index (χ0) is 11.0. The predicted molar refractivity (Wildman–Crippen MR) is 64.8 cm³/mol. The van der Waals surface area contributed by atoms with Gasteiger partial charge in [0, 0.05) is 48.7 Å². The van der Waals surface area contributed by atoms with E-state index in [0.29, 0.717) is 18.6 Å². The molecule has 1 fully saturated rings. The molecular formula is C13H14N2O.